The zero-order chi connectivity index (χ0) is 25.3. The number of hydrogen-bond acceptors (Lipinski definition) is 5. The van der Waals surface area contributed by atoms with E-state index in [-0.39, 0.29) is 35.5 Å². The van der Waals surface area contributed by atoms with Crippen LogP contribution in [0, 0.1) is 17.8 Å². The lowest BCUT2D eigenvalue weighted by Gasteiger charge is -2.32. The molecule has 0 radical (unpaired) electrons. The van der Waals surface area contributed by atoms with E-state index in [1.54, 1.807) is 4.90 Å². The molecule has 1 aromatic rings. The number of allylic oxidation sites excluding steroid dienone is 2. The fourth-order valence-electron chi connectivity index (χ4n) is 5.21. The summed E-state index contributed by atoms with van der Waals surface area (Å²) in [6.45, 7) is 5.63. The second-order valence-corrected chi connectivity index (χ2v) is 9.92. The fraction of sp³-hybridized carbons (Fsp3) is 0.600. The Bertz CT molecular complexity index is 967. The molecule has 0 aromatic carbocycles. The van der Waals surface area contributed by atoms with Gasteiger partial charge in [-0.25, -0.2) is 4.98 Å². The average molecular weight is 493 g/mol. The molecule has 1 aliphatic carbocycles. The standard InChI is InChI=1S/C25H31F3N4O3/c1-16(2)14-20(32-22(33)18-6-3-4-7-19(18)23(32)34)24(35)31-11-5-10-30(12-13-31)21-9-8-17(15-29-21)25(26,27)28/h3-4,8-9,15-16,18-20H,5-7,10-14H2,1-2H3. The molecule has 3 heterocycles. The molecule has 190 valence electrons. The summed E-state index contributed by atoms with van der Waals surface area (Å²) >= 11 is 0. The Kier molecular flexibility index (Phi) is 7.19. The molecule has 3 atom stereocenters. The molecule has 2 aliphatic heterocycles. The molecule has 0 N–H and O–H groups in total. The van der Waals surface area contributed by atoms with Crippen LogP contribution in [-0.2, 0) is 20.6 Å². The largest absolute Gasteiger partial charge is 0.417 e. The number of anilines is 1. The summed E-state index contributed by atoms with van der Waals surface area (Å²) < 4.78 is 38.6. The maximum atomic E-state index is 13.7. The fourth-order valence-corrected chi connectivity index (χ4v) is 5.21. The highest BCUT2D eigenvalue weighted by molar-refractivity contribution is 6.08. The van der Waals surface area contributed by atoms with Crippen LogP contribution in [0.15, 0.2) is 30.5 Å². The number of likely N-dealkylation sites (tertiary alicyclic amines) is 1. The van der Waals surface area contributed by atoms with Gasteiger partial charge >= 0.3 is 6.18 Å². The third kappa shape index (κ3) is 5.21. The smallest absolute Gasteiger partial charge is 0.355 e. The van der Waals surface area contributed by atoms with E-state index in [0.29, 0.717) is 57.7 Å². The van der Waals surface area contributed by atoms with Gasteiger partial charge in [0.05, 0.1) is 17.4 Å². The van der Waals surface area contributed by atoms with Gasteiger partial charge in [-0.3, -0.25) is 19.3 Å². The summed E-state index contributed by atoms with van der Waals surface area (Å²) in [5, 5.41) is 0. The predicted molar refractivity (Wildman–Crippen MR) is 123 cm³/mol. The molecule has 0 bridgehead atoms. The summed E-state index contributed by atoms with van der Waals surface area (Å²) in [6.07, 6.45) is 2.25. The van der Waals surface area contributed by atoms with Crippen LogP contribution in [0.3, 0.4) is 0 Å². The minimum Gasteiger partial charge on any atom is -0.355 e. The molecule has 10 heteroatoms. The molecule has 35 heavy (non-hydrogen) atoms. The topological polar surface area (TPSA) is 73.8 Å². The van der Waals surface area contributed by atoms with Crippen LogP contribution in [-0.4, -0.2) is 64.7 Å². The van der Waals surface area contributed by atoms with Crippen molar-refractivity contribution in [2.24, 2.45) is 17.8 Å². The number of aromatic nitrogens is 1. The van der Waals surface area contributed by atoms with Crippen molar-refractivity contribution in [3.8, 4) is 0 Å². The van der Waals surface area contributed by atoms with Crippen molar-refractivity contribution >= 4 is 23.5 Å². The van der Waals surface area contributed by atoms with Crippen LogP contribution in [0.2, 0.25) is 0 Å². The van der Waals surface area contributed by atoms with Crippen molar-refractivity contribution in [3.63, 3.8) is 0 Å². The second kappa shape index (κ2) is 9.99. The second-order valence-electron chi connectivity index (χ2n) is 9.92. The molecule has 3 amide bonds. The first-order valence-corrected chi connectivity index (χ1v) is 12.2. The van der Waals surface area contributed by atoms with Crippen molar-refractivity contribution in [2.45, 2.75) is 51.7 Å². The number of pyridine rings is 1. The normalized spacial score (nSPS) is 24.1. The summed E-state index contributed by atoms with van der Waals surface area (Å²) in [7, 11) is 0. The molecule has 2 fully saturated rings. The van der Waals surface area contributed by atoms with Gasteiger partial charge in [-0.05, 0) is 43.7 Å². The molecule has 4 rings (SSSR count). The number of fused-ring (bicyclic) bond motifs is 1. The molecular formula is C25H31F3N4O3. The van der Waals surface area contributed by atoms with Crippen molar-refractivity contribution in [1.82, 2.24) is 14.8 Å². The van der Waals surface area contributed by atoms with Gasteiger partial charge in [0.2, 0.25) is 17.7 Å². The Hall–Kier alpha value is -2.91. The highest BCUT2D eigenvalue weighted by Crippen LogP contribution is 2.37. The van der Waals surface area contributed by atoms with Crippen LogP contribution < -0.4 is 4.90 Å². The number of halogens is 3. The predicted octanol–water partition coefficient (Wildman–Crippen LogP) is 3.51. The average Bonchev–Trinajstić information content (AvgIpc) is 2.98. The molecule has 0 spiro atoms. The number of nitrogens with zero attached hydrogens (tertiary/aromatic N) is 4. The maximum absolute atomic E-state index is 13.7. The Morgan fingerprint density at radius 2 is 1.69 bits per heavy atom. The van der Waals surface area contributed by atoms with Gasteiger partial charge in [0.1, 0.15) is 11.9 Å². The number of rotatable bonds is 5. The first-order chi connectivity index (χ1) is 16.6. The summed E-state index contributed by atoms with van der Waals surface area (Å²) in [6, 6.07) is 1.52. The van der Waals surface area contributed by atoms with E-state index in [0.717, 1.165) is 12.3 Å². The number of carbonyl (C=O) groups is 3. The van der Waals surface area contributed by atoms with Crippen LogP contribution in [0.5, 0.6) is 0 Å². The summed E-state index contributed by atoms with van der Waals surface area (Å²) in [5.41, 5.74) is -0.805. The molecule has 1 aromatic heterocycles. The van der Waals surface area contributed by atoms with E-state index < -0.39 is 17.8 Å². The van der Waals surface area contributed by atoms with Crippen molar-refractivity contribution in [2.75, 3.05) is 31.1 Å². The lowest BCUT2D eigenvalue weighted by molar-refractivity contribution is -0.152. The van der Waals surface area contributed by atoms with E-state index in [1.807, 2.05) is 30.9 Å². The lowest BCUT2D eigenvalue weighted by Crippen LogP contribution is -2.52. The number of imide groups is 1. The van der Waals surface area contributed by atoms with Crippen molar-refractivity contribution in [1.29, 1.82) is 0 Å². The molecule has 3 aliphatic rings. The Morgan fingerprint density at radius 1 is 1.03 bits per heavy atom. The zero-order valence-corrected chi connectivity index (χ0v) is 20.0. The van der Waals surface area contributed by atoms with Gasteiger partial charge in [0.15, 0.2) is 0 Å². The van der Waals surface area contributed by atoms with Gasteiger partial charge in [-0.2, -0.15) is 13.2 Å². The Labute approximate surface area is 203 Å². The van der Waals surface area contributed by atoms with E-state index in [4.69, 9.17) is 0 Å². The number of carbonyl (C=O) groups excluding carboxylic acids is 3. The van der Waals surface area contributed by atoms with Crippen LogP contribution in [0.4, 0.5) is 19.0 Å². The van der Waals surface area contributed by atoms with Gasteiger partial charge in [-0.1, -0.05) is 26.0 Å². The highest BCUT2D eigenvalue weighted by Gasteiger charge is 2.51. The van der Waals surface area contributed by atoms with Crippen molar-refractivity contribution in [3.05, 3.63) is 36.0 Å². The third-order valence-corrected chi connectivity index (χ3v) is 7.04. The summed E-state index contributed by atoms with van der Waals surface area (Å²) in [5.74, 6) is -1.00. The van der Waals surface area contributed by atoms with Crippen LogP contribution in [0.1, 0.15) is 45.1 Å². The van der Waals surface area contributed by atoms with Crippen LogP contribution in [0.25, 0.3) is 0 Å². The number of amides is 3. The van der Waals surface area contributed by atoms with E-state index in [2.05, 4.69) is 4.98 Å². The molecule has 7 nitrogen and oxygen atoms in total. The number of hydrogen-bond donors (Lipinski definition) is 0. The maximum Gasteiger partial charge on any atom is 0.417 e. The third-order valence-electron chi connectivity index (χ3n) is 7.04. The first kappa shape index (κ1) is 25.2. The quantitative estimate of drug-likeness (QED) is 0.465. The Morgan fingerprint density at radius 3 is 2.23 bits per heavy atom. The lowest BCUT2D eigenvalue weighted by atomic mass is 9.85. The minimum atomic E-state index is -4.45. The minimum absolute atomic E-state index is 0.102. The number of alkyl halides is 3. The monoisotopic (exact) mass is 492 g/mol. The van der Waals surface area contributed by atoms with Gasteiger partial charge in [-0.15, -0.1) is 0 Å². The highest BCUT2D eigenvalue weighted by atomic mass is 19.4. The van der Waals surface area contributed by atoms with Gasteiger partial charge in [0, 0.05) is 32.4 Å². The van der Waals surface area contributed by atoms with Crippen molar-refractivity contribution < 1.29 is 27.6 Å². The van der Waals surface area contributed by atoms with Gasteiger partial charge < -0.3 is 9.80 Å². The zero-order valence-electron chi connectivity index (χ0n) is 20.0. The Balaban J connectivity index is 1.48. The van der Waals surface area contributed by atoms with E-state index in [1.165, 1.54) is 11.0 Å². The SMILES string of the molecule is CC(C)CC(C(=O)N1CCCN(c2ccc(C(F)(F)F)cn2)CC1)N1C(=O)C2CC=CCC2C1=O. The molecule has 0 saturated carbocycles. The van der Waals surface area contributed by atoms with Gasteiger partial charge in [0.25, 0.3) is 0 Å². The molecule has 2 saturated heterocycles. The molecule has 3 unspecified atom stereocenters. The summed E-state index contributed by atoms with van der Waals surface area (Å²) in [4.78, 5) is 48.7. The van der Waals surface area contributed by atoms with E-state index in [9.17, 15) is 27.6 Å². The van der Waals surface area contributed by atoms with E-state index >= 15 is 0 Å². The van der Waals surface area contributed by atoms with Crippen LogP contribution >= 0.6 is 0 Å². The first-order valence-electron chi connectivity index (χ1n) is 12.2. The molecular weight excluding hydrogens is 461 g/mol.